The minimum atomic E-state index is -0.344. The van der Waals surface area contributed by atoms with Crippen molar-refractivity contribution in [2.24, 2.45) is 5.92 Å². The van der Waals surface area contributed by atoms with Crippen molar-refractivity contribution in [1.82, 2.24) is 4.90 Å². The van der Waals surface area contributed by atoms with E-state index in [1.165, 1.54) is 6.07 Å². The molecule has 1 N–H and O–H groups in total. The largest absolute Gasteiger partial charge is 0.339 e. The van der Waals surface area contributed by atoms with Crippen LogP contribution in [0.4, 0.5) is 5.69 Å². The van der Waals surface area contributed by atoms with Crippen molar-refractivity contribution in [1.29, 1.82) is 0 Å². The fraction of sp³-hybridized carbons (Fsp3) is 0.300. The lowest BCUT2D eigenvalue weighted by molar-refractivity contribution is 0.0697. The van der Waals surface area contributed by atoms with E-state index in [0.717, 1.165) is 25.9 Å². The number of likely N-dealkylation sites (tertiary alicyclic amines) is 1. The van der Waals surface area contributed by atoms with E-state index in [1.807, 2.05) is 4.90 Å². The third kappa shape index (κ3) is 4.37. The van der Waals surface area contributed by atoms with Crippen LogP contribution in [0.2, 0.25) is 10.0 Å². The average molecular weight is 391 g/mol. The van der Waals surface area contributed by atoms with Gasteiger partial charge in [0.15, 0.2) is 0 Å². The van der Waals surface area contributed by atoms with Gasteiger partial charge in [-0.15, -0.1) is 0 Å². The number of benzene rings is 2. The zero-order valence-corrected chi connectivity index (χ0v) is 16.0. The van der Waals surface area contributed by atoms with Crippen LogP contribution in [-0.4, -0.2) is 29.8 Å². The molecular formula is C20H20Cl2N2O2. The van der Waals surface area contributed by atoms with Crippen molar-refractivity contribution in [3.05, 3.63) is 63.6 Å². The highest BCUT2D eigenvalue weighted by Crippen LogP contribution is 2.23. The van der Waals surface area contributed by atoms with E-state index in [1.54, 1.807) is 36.4 Å². The first kappa shape index (κ1) is 18.7. The summed E-state index contributed by atoms with van der Waals surface area (Å²) >= 11 is 11.9. The Labute approximate surface area is 163 Å². The molecule has 0 aromatic heterocycles. The fourth-order valence-electron chi connectivity index (χ4n) is 3.00. The molecule has 0 aliphatic carbocycles. The normalized spacial score (nSPS) is 15.0. The summed E-state index contributed by atoms with van der Waals surface area (Å²) in [6.45, 7) is 3.76. The molecule has 3 rings (SSSR count). The maximum Gasteiger partial charge on any atom is 0.257 e. The summed E-state index contributed by atoms with van der Waals surface area (Å²) in [7, 11) is 0. The van der Waals surface area contributed by atoms with Gasteiger partial charge in [-0.25, -0.2) is 0 Å². The van der Waals surface area contributed by atoms with Crippen molar-refractivity contribution in [2.45, 2.75) is 19.8 Å². The van der Waals surface area contributed by atoms with Gasteiger partial charge in [0.1, 0.15) is 0 Å². The molecule has 1 fully saturated rings. The molecule has 0 saturated carbocycles. The smallest absolute Gasteiger partial charge is 0.257 e. The third-order valence-electron chi connectivity index (χ3n) is 4.61. The zero-order valence-electron chi connectivity index (χ0n) is 14.5. The van der Waals surface area contributed by atoms with Gasteiger partial charge in [-0.05, 0) is 55.2 Å². The number of anilines is 1. The Kier molecular flexibility index (Phi) is 5.84. The number of nitrogens with one attached hydrogen (secondary N) is 1. The summed E-state index contributed by atoms with van der Waals surface area (Å²) in [5.41, 5.74) is 1.45. The number of hydrogen-bond acceptors (Lipinski definition) is 2. The van der Waals surface area contributed by atoms with Gasteiger partial charge in [0.05, 0.1) is 10.6 Å². The first-order valence-electron chi connectivity index (χ1n) is 8.60. The van der Waals surface area contributed by atoms with Crippen molar-refractivity contribution in [3.63, 3.8) is 0 Å². The van der Waals surface area contributed by atoms with Crippen LogP contribution in [-0.2, 0) is 0 Å². The Bertz CT molecular complexity index is 830. The van der Waals surface area contributed by atoms with Crippen molar-refractivity contribution in [3.8, 4) is 0 Å². The first-order chi connectivity index (χ1) is 12.4. The van der Waals surface area contributed by atoms with Gasteiger partial charge in [-0.3, -0.25) is 9.59 Å². The SMILES string of the molecule is CC1CCN(C(=O)c2cccc(NC(=O)c3ccc(Cl)cc3Cl)c2)CC1. The molecule has 0 unspecified atom stereocenters. The number of nitrogens with zero attached hydrogens (tertiary/aromatic N) is 1. The zero-order chi connectivity index (χ0) is 18.7. The Morgan fingerprint density at radius 3 is 2.50 bits per heavy atom. The predicted octanol–water partition coefficient (Wildman–Crippen LogP) is 5.12. The maximum atomic E-state index is 12.7. The van der Waals surface area contributed by atoms with Gasteiger partial charge in [-0.1, -0.05) is 36.2 Å². The van der Waals surface area contributed by atoms with Crippen LogP contribution in [0.5, 0.6) is 0 Å². The molecule has 0 radical (unpaired) electrons. The lowest BCUT2D eigenvalue weighted by atomic mass is 9.98. The molecule has 1 saturated heterocycles. The maximum absolute atomic E-state index is 12.7. The standard InChI is InChI=1S/C20H20Cl2N2O2/c1-13-7-9-24(10-8-13)20(26)14-3-2-4-16(11-14)23-19(25)17-6-5-15(21)12-18(17)22/h2-6,11-13H,7-10H2,1H3,(H,23,25). The highest BCUT2D eigenvalue weighted by atomic mass is 35.5. The molecule has 6 heteroatoms. The van der Waals surface area contributed by atoms with E-state index in [4.69, 9.17) is 23.2 Å². The van der Waals surface area contributed by atoms with Gasteiger partial charge in [0.2, 0.25) is 0 Å². The number of amides is 2. The van der Waals surface area contributed by atoms with Gasteiger partial charge in [-0.2, -0.15) is 0 Å². The minimum absolute atomic E-state index is 0.00229. The Morgan fingerprint density at radius 2 is 1.81 bits per heavy atom. The highest BCUT2D eigenvalue weighted by molar-refractivity contribution is 6.37. The van der Waals surface area contributed by atoms with Crippen LogP contribution in [0, 0.1) is 5.92 Å². The molecule has 0 bridgehead atoms. The molecule has 2 aromatic rings. The number of piperidine rings is 1. The molecular weight excluding hydrogens is 371 g/mol. The van der Waals surface area contributed by atoms with Gasteiger partial charge >= 0.3 is 0 Å². The molecule has 2 amide bonds. The number of halogens is 2. The lowest BCUT2D eigenvalue weighted by Gasteiger charge is -2.30. The van der Waals surface area contributed by atoms with Crippen molar-refractivity contribution < 1.29 is 9.59 Å². The topological polar surface area (TPSA) is 49.4 Å². The minimum Gasteiger partial charge on any atom is -0.339 e. The highest BCUT2D eigenvalue weighted by Gasteiger charge is 2.21. The fourth-order valence-corrected chi connectivity index (χ4v) is 3.49. The van der Waals surface area contributed by atoms with Gasteiger partial charge < -0.3 is 10.2 Å². The molecule has 26 heavy (non-hydrogen) atoms. The van der Waals surface area contributed by atoms with Crippen LogP contribution in [0.3, 0.4) is 0 Å². The monoisotopic (exact) mass is 390 g/mol. The Morgan fingerprint density at radius 1 is 1.08 bits per heavy atom. The number of hydrogen-bond donors (Lipinski definition) is 1. The first-order valence-corrected chi connectivity index (χ1v) is 9.35. The van der Waals surface area contributed by atoms with E-state index < -0.39 is 0 Å². The quantitative estimate of drug-likeness (QED) is 0.790. The van der Waals surface area contributed by atoms with Crippen LogP contribution in [0.1, 0.15) is 40.5 Å². The predicted molar refractivity (Wildman–Crippen MR) is 105 cm³/mol. The Hall–Kier alpha value is -2.04. The second-order valence-electron chi connectivity index (χ2n) is 6.63. The Balaban J connectivity index is 1.73. The summed E-state index contributed by atoms with van der Waals surface area (Å²) in [5, 5.41) is 3.54. The summed E-state index contributed by atoms with van der Waals surface area (Å²) in [6.07, 6.45) is 2.05. The van der Waals surface area contributed by atoms with Gasteiger partial charge in [0, 0.05) is 29.4 Å². The van der Waals surface area contributed by atoms with Crippen molar-refractivity contribution in [2.75, 3.05) is 18.4 Å². The molecule has 1 aliphatic rings. The molecule has 0 atom stereocenters. The van der Waals surface area contributed by atoms with E-state index >= 15 is 0 Å². The third-order valence-corrected chi connectivity index (χ3v) is 5.16. The average Bonchev–Trinajstić information content (AvgIpc) is 2.62. The second-order valence-corrected chi connectivity index (χ2v) is 7.48. The van der Waals surface area contributed by atoms with Crippen LogP contribution in [0.15, 0.2) is 42.5 Å². The van der Waals surface area contributed by atoms with Crippen LogP contribution < -0.4 is 5.32 Å². The molecule has 1 heterocycles. The lowest BCUT2D eigenvalue weighted by Crippen LogP contribution is -2.37. The molecule has 136 valence electrons. The van der Waals surface area contributed by atoms with E-state index in [2.05, 4.69) is 12.2 Å². The number of rotatable bonds is 3. The van der Waals surface area contributed by atoms with E-state index in [0.29, 0.717) is 27.8 Å². The number of carbonyl (C=O) groups excluding carboxylic acids is 2. The van der Waals surface area contributed by atoms with Crippen LogP contribution in [0.25, 0.3) is 0 Å². The number of carbonyl (C=O) groups is 2. The van der Waals surface area contributed by atoms with Gasteiger partial charge in [0.25, 0.3) is 11.8 Å². The summed E-state index contributed by atoms with van der Waals surface area (Å²) in [5.74, 6) is 0.314. The van der Waals surface area contributed by atoms with E-state index in [9.17, 15) is 9.59 Å². The summed E-state index contributed by atoms with van der Waals surface area (Å²) in [4.78, 5) is 27.0. The molecule has 0 spiro atoms. The van der Waals surface area contributed by atoms with Crippen molar-refractivity contribution >= 4 is 40.7 Å². The molecule has 4 nitrogen and oxygen atoms in total. The molecule has 2 aromatic carbocycles. The summed E-state index contributed by atoms with van der Waals surface area (Å²) in [6, 6.07) is 11.7. The molecule has 1 aliphatic heterocycles. The van der Waals surface area contributed by atoms with E-state index in [-0.39, 0.29) is 16.8 Å². The summed E-state index contributed by atoms with van der Waals surface area (Å²) < 4.78 is 0. The van der Waals surface area contributed by atoms with Crippen LogP contribution >= 0.6 is 23.2 Å². The second kappa shape index (κ2) is 8.11.